The summed E-state index contributed by atoms with van der Waals surface area (Å²) in [6.07, 6.45) is -0.00949. The molecule has 5 heteroatoms. The fraction of sp³-hybridized carbons (Fsp3) is 0.364. The first-order chi connectivity index (χ1) is 7.60. The second-order valence-corrected chi connectivity index (χ2v) is 3.28. The van der Waals surface area contributed by atoms with Crippen LogP contribution < -0.4 is 10.5 Å². The molecule has 0 saturated heterocycles. The van der Waals surface area contributed by atoms with Crippen LogP contribution in [0.1, 0.15) is 18.0 Å². The van der Waals surface area contributed by atoms with E-state index in [1.54, 1.807) is 12.1 Å². The van der Waals surface area contributed by atoms with E-state index >= 15 is 0 Å². The molecule has 0 spiro atoms. The molecular formula is C11H15NO4. The Labute approximate surface area is 93.8 Å². The lowest BCUT2D eigenvalue weighted by Gasteiger charge is -2.15. The van der Waals surface area contributed by atoms with Crippen LogP contribution in [-0.2, 0) is 9.53 Å². The smallest absolute Gasteiger partial charge is 0.307 e. The molecule has 3 N–H and O–H groups in total. The average molecular weight is 225 g/mol. The Balaban J connectivity index is 2.97. The summed E-state index contributed by atoms with van der Waals surface area (Å²) >= 11 is 0. The van der Waals surface area contributed by atoms with Crippen molar-refractivity contribution in [1.29, 1.82) is 0 Å². The quantitative estimate of drug-likeness (QED) is 0.746. The van der Waals surface area contributed by atoms with Crippen LogP contribution in [0.4, 0.5) is 0 Å². The second kappa shape index (κ2) is 5.37. The van der Waals surface area contributed by atoms with Gasteiger partial charge in [0.2, 0.25) is 0 Å². The molecule has 0 radical (unpaired) electrons. The van der Waals surface area contributed by atoms with Crippen molar-refractivity contribution in [3.8, 4) is 11.5 Å². The lowest BCUT2D eigenvalue weighted by atomic mass is 10.0. The summed E-state index contributed by atoms with van der Waals surface area (Å²) in [5.41, 5.74) is 6.22. The van der Waals surface area contributed by atoms with Crippen molar-refractivity contribution < 1.29 is 19.4 Å². The number of nitrogens with two attached hydrogens (primary N) is 1. The second-order valence-electron chi connectivity index (χ2n) is 3.28. The lowest BCUT2D eigenvalue weighted by Crippen LogP contribution is -2.17. The highest BCUT2D eigenvalue weighted by atomic mass is 16.5. The van der Waals surface area contributed by atoms with Crippen molar-refractivity contribution in [3.63, 3.8) is 0 Å². The third kappa shape index (κ3) is 2.64. The molecule has 1 atom stereocenters. The van der Waals surface area contributed by atoms with Crippen molar-refractivity contribution in [2.45, 2.75) is 12.5 Å². The van der Waals surface area contributed by atoms with Gasteiger partial charge in [-0.25, -0.2) is 0 Å². The molecule has 0 saturated carbocycles. The maximum atomic E-state index is 11.1. The Morgan fingerprint density at radius 3 is 2.75 bits per heavy atom. The monoisotopic (exact) mass is 225 g/mol. The number of carbonyl (C=O) groups excluding carboxylic acids is 1. The summed E-state index contributed by atoms with van der Waals surface area (Å²) in [6.45, 7) is 0. The SMILES string of the molecule is COC(=O)C[C@H](N)c1c(O)cccc1OC. The van der Waals surface area contributed by atoms with E-state index < -0.39 is 12.0 Å². The van der Waals surface area contributed by atoms with E-state index in [1.807, 2.05) is 0 Å². The lowest BCUT2D eigenvalue weighted by molar-refractivity contribution is -0.141. The van der Waals surface area contributed by atoms with Gasteiger partial charge in [0, 0.05) is 6.04 Å². The highest BCUT2D eigenvalue weighted by Crippen LogP contribution is 2.33. The van der Waals surface area contributed by atoms with Gasteiger partial charge < -0.3 is 20.3 Å². The highest BCUT2D eigenvalue weighted by Gasteiger charge is 2.19. The fourth-order valence-corrected chi connectivity index (χ4v) is 1.45. The highest BCUT2D eigenvalue weighted by molar-refractivity contribution is 5.70. The van der Waals surface area contributed by atoms with Crippen LogP contribution in [0.5, 0.6) is 11.5 Å². The van der Waals surface area contributed by atoms with E-state index in [0.717, 1.165) is 0 Å². The van der Waals surface area contributed by atoms with Crippen molar-refractivity contribution in [2.24, 2.45) is 5.73 Å². The van der Waals surface area contributed by atoms with Crippen molar-refractivity contribution >= 4 is 5.97 Å². The molecule has 0 aliphatic rings. The van der Waals surface area contributed by atoms with Crippen LogP contribution in [0.25, 0.3) is 0 Å². The van der Waals surface area contributed by atoms with E-state index in [4.69, 9.17) is 10.5 Å². The third-order valence-electron chi connectivity index (χ3n) is 2.25. The van der Waals surface area contributed by atoms with Gasteiger partial charge >= 0.3 is 5.97 Å². The summed E-state index contributed by atoms with van der Waals surface area (Å²) in [7, 11) is 2.76. The summed E-state index contributed by atoms with van der Waals surface area (Å²) in [4.78, 5) is 11.1. The number of methoxy groups -OCH3 is 2. The standard InChI is InChI=1S/C11H15NO4/c1-15-9-5-3-4-8(13)11(9)7(12)6-10(14)16-2/h3-5,7,13H,6,12H2,1-2H3/t7-/m0/s1. The number of ether oxygens (including phenoxy) is 2. The van der Waals surface area contributed by atoms with Crippen molar-refractivity contribution in [2.75, 3.05) is 14.2 Å². The van der Waals surface area contributed by atoms with E-state index in [1.165, 1.54) is 20.3 Å². The summed E-state index contributed by atoms with van der Waals surface area (Å²) in [5.74, 6) is 0.0324. The Bertz CT molecular complexity index is 378. The Hall–Kier alpha value is -1.75. The number of esters is 1. The molecule has 1 aromatic carbocycles. The molecule has 0 aliphatic carbocycles. The normalized spacial score (nSPS) is 11.9. The Morgan fingerprint density at radius 1 is 1.50 bits per heavy atom. The molecule has 0 aliphatic heterocycles. The zero-order chi connectivity index (χ0) is 12.1. The first-order valence-corrected chi connectivity index (χ1v) is 4.78. The van der Waals surface area contributed by atoms with Crippen molar-refractivity contribution in [1.82, 2.24) is 0 Å². The van der Waals surface area contributed by atoms with Crippen LogP contribution in [0.15, 0.2) is 18.2 Å². The largest absolute Gasteiger partial charge is 0.507 e. The Morgan fingerprint density at radius 2 is 2.19 bits per heavy atom. The van der Waals surface area contributed by atoms with Gasteiger partial charge in [0.15, 0.2) is 0 Å². The van der Waals surface area contributed by atoms with E-state index in [-0.39, 0.29) is 12.2 Å². The molecule has 0 unspecified atom stereocenters. The van der Waals surface area contributed by atoms with Crippen LogP contribution in [0, 0.1) is 0 Å². The predicted octanol–water partition coefficient (Wildman–Crippen LogP) is 0.964. The van der Waals surface area contributed by atoms with Crippen molar-refractivity contribution in [3.05, 3.63) is 23.8 Å². The van der Waals surface area contributed by atoms with Gasteiger partial charge in [-0.05, 0) is 12.1 Å². The third-order valence-corrected chi connectivity index (χ3v) is 2.25. The van der Waals surface area contributed by atoms with Gasteiger partial charge in [0.05, 0.1) is 26.2 Å². The molecule has 0 amide bonds. The molecule has 0 heterocycles. The van der Waals surface area contributed by atoms with E-state index in [9.17, 15) is 9.90 Å². The van der Waals surface area contributed by atoms with Gasteiger partial charge in [-0.2, -0.15) is 0 Å². The number of carbonyl (C=O) groups is 1. The number of benzene rings is 1. The fourth-order valence-electron chi connectivity index (χ4n) is 1.45. The number of hydrogen-bond donors (Lipinski definition) is 2. The molecule has 1 rings (SSSR count). The molecular weight excluding hydrogens is 210 g/mol. The maximum Gasteiger partial charge on any atom is 0.307 e. The maximum absolute atomic E-state index is 11.1. The number of aromatic hydroxyl groups is 1. The van der Waals surface area contributed by atoms with E-state index in [2.05, 4.69) is 4.74 Å². The Kier molecular flexibility index (Phi) is 4.13. The van der Waals surface area contributed by atoms with Gasteiger partial charge in [0.1, 0.15) is 11.5 Å². The molecule has 16 heavy (non-hydrogen) atoms. The van der Waals surface area contributed by atoms with Gasteiger partial charge in [0.25, 0.3) is 0 Å². The van der Waals surface area contributed by atoms with Gasteiger partial charge in [-0.15, -0.1) is 0 Å². The van der Waals surface area contributed by atoms with Crippen LogP contribution in [0.2, 0.25) is 0 Å². The summed E-state index contributed by atoms with van der Waals surface area (Å²) in [6, 6.07) is 4.16. The zero-order valence-electron chi connectivity index (χ0n) is 9.27. The van der Waals surface area contributed by atoms with Crippen LogP contribution >= 0.6 is 0 Å². The summed E-state index contributed by atoms with van der Waals surface area (Å²) < 4.78 is 9.58. The zero-order valence-corrected chi connectivity index (χ0v) is 9.27. The van der Waals surface area contributed by atoms with Gasteiger partial charge in [-0.3, -0.25) is 4.79 Å². The minimum absolute atomic E-state index is 0.00949. The molecule has 5 nitrogen and oxygen atoms in total. The number of phenols is 1. The minimum Gasteiger partial charge on any atom is -0.507 e. The average Bonchev–Trinajstić information content (AvgIpc) is 2.28. The minimum atomic E-state index is -0.649. The molecule has 88 valence electrons. The number of phenolic OH excluding ortho intramolecular Hbond substituents is 1. The van der Waals surface area contributed by atoms with Crippen LogP contribution in [-0.4, -0.2) is 25.3 Å². The topological polar surface area (TPSA) is 81.8 Å². The molecule has 0 aromatic heterocycles. The van der Waals surface area contributed by atoms with Gasteiger partial charge in [-0.1, -0.05) is 6.07 Å². The summed E-state index contributed by atoms with van der Waals surface area (Å²) in [5, 5.41) is 9.67. The number of hydrogen-bond acceptors (Lipinski definition) is 5. The van der Waals surface area contributed by atoms with E-state index in [0.29, 0.717) is 11.3 Å². The number of rotatable bonds is 4. The molecule has 0 fully saturated rings. The first kappa shape index (κ1) is 12.3. The predicted molar refractivity (Wildman–Crippen MR) is 58.2 cm³/mol. The molecule has 0 bridgehead atoms. The molecule has 1 aromatic rings. The van der Waals surface area contributed by atoms with Crippen LogP contribution in [0.3, 0.4) is 0 Å². The first-order valence-electron chi connectivity index (χ1n) is 4.78.